The van der Waals surface area contributed by atoms with Crippen LogP contribution in [0.1, 0.15) is 88.5 Å². The average Bonchev–Trinajstić information content (AvgIpc) is 3.50. The second-order valence-corrected chi connectivity index (χ2v) is 15.1. The normalized spacial score (nSPS) is 21.9. The molecule has 1 unspecified atom stereocenters. The van der Waals surface area contributed by atoms with E-state index >= 15 is 0 Å². The Bertz CT molecular complexity index is 1960. The van der Waals surface area contributed by atoms with Crippen molar-refractivity contribution >= 4 is 23.4 Å². The van der Waals surface area contributed by atoms with Crippen molar-refractivity contribution in [2.75, 3.05) is 38.1 Å². The summed E-state index contributed by atoms with van der Waals surface area (Å²) in [6, 6.07) is 30.5. The standard InChI is InChI=1S/C44H48N4O5/c49-35-10-15-38-32(27-35)8-13-37(30-4-2-1-3-5-30)42(38)31-6-11-36(12-7-31)53-25-24-47-22-19-29(20-23-47)18-21-45-34-9-14-39-33(26-34)28-48(44(39)52)40-16-17-41(50)46-43(40)51/h1-7,9-12,14-15,26-27,29,37,40,42,45,49H,8,13,16-25,28H2,(H,46,50,51)/t37-,40?,42+/m1/s1. The molecule has 274 valence electrons. The van der Waals surface area contributed by atoms with Gasteiger partial charge in [-0.3, -0.25) is 24.6 Å². The van der Waals surface area contributed by atoms with E-state index in [4.69, 9.17) is 4.74 Å². The molecule has 0 saturated carbocycles. The second kappa shape index (κ2) is 15.4. The molecule has 4 aromatic carbocycles. The molecule has 9 nitrogen and oxygen atoms in total. The Morgan fingerprint density at radius 3 is 2.42 bits per heavy atom. The molecule has 0 spiro atoms. The number of rotatable bonds is 11. The Labute approximate surface area is 311 Å². The Hall–Kier alpha value is -5.15. The highest BCUT2D eigenvalue weighted by Gasteiger charge is 2.39. The number of phenolic OH excluding ortho intramolecular Hbond substituents is 1. The first-order chi connectivity index (χ1) is 25.9. The summed E-state index contributed by atoms with van der Waals surface area (Å²) < 4.78 is 6.24. The molecule has 8 rings (SSSR count). The van der Waals surface area contributed by atoms with Gasteiger partial charge in [0.05, 0.1) is 0 Å². The van der Waals surface area contributed by atoms with Gasteiger partial charge in [-0.15, -0.1) is 0 Å². The quantitative estimate of drug-likeness (QED) is 0.150. The van der Waals surface area contributed by atoms with E-state index in [1.807, 2.05) is 30.3 Å². The number of hydrogen-bond acceptors (Lipinski definition) is 7. The van der Waals surface area contributed by atoms with Gasteiger partial charge in [-0.1, -0.05) is 48.5 Å². The molecule has 53 heavy (non-hydrogen) atoms. The molecule has 3 atom stereocenters. The van der Waals surface area contributed by atoms with Crippen molar-refractivity contribution in [3.8, 4) is 11.5 Å². The lowest BCUT2D eigenvalue weighted by atomic mass is 9.69. The molecule has 3 N–H and O–H groups in total. The first kappa shape index (κ1) is 34.9. The summed E-state index contributed by atoms with van der Waals surface area (Å²) in [5.41, 5.74) is 7.72. The van der Waals surface area contributed by atoms with Crippen LogP contribution in [-0.2, 0) is 22.6 Å². The minimum Gasteiger partial charge on any atom is -0.508 e. The lowest BCUT2D eigenvalue weighted by molar-refractivity contribution is -0.136. The molecule has 3 amide bonds. The number of nitrogens with one attached hydrogen (secondary N) is 2. The topological polar surface area (TPSA) is 111 Å². The van der Waals surface area contributed by atoms with Gasteiger partial charge in [-0.05, 0) is 134 Å². The zero-order valence-corrected chi connectivity index (χ0v) is 30.1. The van der Waals surface area contributed by atoms with Gasteiger partial charge in [0.25, 0.3) is 5.91 Å². The zero-order valence-electron chi connectivity index (χ0n) is 30.1. The summed E-state index contributed by atoms with van der Waals surface area (Å²) in [6.07, 6.45) is 6.06. The van der Waals surface area contributed by atoms with E-state index in [2.05, 4.69) is 76.2 Å². The molecule has 0 aromatic heterocycles. The molecule has 0 bridgehead atoms. The first-order valence-corrected chi connectivity index (χ1v) is 19.2. The van der Waals surface area contributed by atoms with Gasteiger partial charge in [0, 0.05) is 43.2 Å². The number of anilines is 1. The van der Waals surface area contributed by atoms with Crippen molar-refractivity contribution < 1.29 is 24.2 Å². The minimum absolute atomic E-state index is 0.141. The van der Waals surface area contributed by atoms with Crippen LogP contribution in [0.4, 0.5) is 5.69 Å². The highest BCUT2D eigenvalue weighted by molar-refractivity contribution is 6.05. The maximum Gasteiger partial charge on any atom is 0.255 e. The molecule has 1 aliphatic carbocycles. The largest absolute Gasteiger partial charge is 0.508 e. The maximum atomic E-state index is 13.0. The summed E-state index contributed by atoms with van der Waals surface area (Å²) in [7, 11) is 0. The second-order valence-electron chi connectivity index (χ2n) is 15.1. The van der Waals surface area contributed by atoms with Crippen molar-refractivity contribution in [3.63, 3.8) is 0 Å². The fraction of sp³-hybridized carbons (Fsp3) is 0.386. The van der Waals surface area contributed by atoms with Gasteiger partial charge < -0.3 is 20.1 Å². The highest BCUT2D eigenvalue weighted by atomic mass is 16.5. The summed E-state index contributed by atoms with van der Waals surface area (Å²) in [6.45, 7) is 4.97. The third-order valence-electron chi connectivity index (χ3n) is 11.8. The molecule has 3 aliphatic heterocycles. The molecule has 2 fully saturated rings. The number of phenols is 1. The number of fused-ring (bicyclic) bond motifs is 2. The molecular formula is C44H48N4O5. The number of aryl methyl sites for hydroxylation is 1. The van der Waals surface area contributed by atoms with E-state index < -0.39 is 6.04 Å². The third kappa shape index (κ3) is 7.67. The lowest BCUT2D eigenvalue weighted by Gasteiger charge is -2.35. The molecule has 9 heteroatoms. The Morgan fingerprint density at radius 2 is 1.62 bits per heavy atom. The van der Waals surface area contributed by atoms with E-state index in [-0.39, 0.29) is 30.1 Å². The number of aromatic hydroxyl groups is 1. The van der Waals surface area contributed by atoms with Crippen LogP contribution in [0.5, 0.6) is 11.5 Å². The van der Waals surface area contributed by atoms with Crippen molar-refractivity contribution in [2.45, 2.75) is 69.4 Å². The number of imide groups is 1. The molecular weight excluding hydrogens is 665 g/mol. The Kier molecular flexibility index (Phi) is 10.2. The zero-order chi connectivity index (χ0) is 36.3. The smallest absolute Gasteiger partial charge is 0.255 e. The van der Waals surface area contributed by atoms with Crippen molar-refractivity contribution in [1.82, 2.24) is 15.1 Å². The van der Waals surface area contributed by atoms with Crippen molar-refractivity contribution in [1.29, 1.82) is 0 Å². The number of nitrogens with zero attached hydrogens (tertiary/aromatic N) is 2. The van der Waals surface area contributed by atoms with E-state index in [0.717, 1.165) is 62.4 Å². The number of benzene rings is 4. The highest BCUT2D eigenvalue weighted by Crippen LogP contribution is 2.47. The number of carbonyl (C=O) groups excluding carboxylic acids is 3. The first-order valence-electron chi connectivity index (χ1n) is 19.2. The van der Waals surface area contributed by atoms with Crippen LogP contribution in [0.15, 0.2) is 91.0 Å². The van der Waals surface area contributed by atoms with Crippen LogP contribution >= 0.6 is 0 Å². The van der Waals surface area contributed by atoms with Crippen LogP contribution < -0.4 is 15.4 Å². The van der Waals surface area contributed by atoms with Crippen molar-refractivity contribution in [2.24, 2.45) is 5.92 Å². The van der Waals surface area contributed by atoms with Crippen LogP contribution in [0.25, 0.3) is 0 Å². The van der Waals surface area contributed by atoms with Crippen LogP contribution in [-0.4, -0.2) is 71.5 Å². The van der Waals surface area contributed by atoms with Crippen LogP contribution in [0, 0.1) is 5.92 Å². The SMILES string of the molecule is O=C1CCC(N2Cc3cc(NCCC4CCN(CCOc5ccc([C@@H]6c7ccc(O)cc7CC[C@@H]6c6ccccc6)cc5)CC4)ccc3C2=O)C(=O)N1. The monoisotopic (exact) mass is 712 g/mol. The lowest BCUT2D eigenvalue weighted by Crippen LogP contribution is -2.52. The fourth-order valence-corrected chi connectivity index (χ4v) is 8.95. The van der Waals surface area contributed by atoms with Crippen LogP contribution in [0.2, 0.25) is 0 Å². The van der Waals surface area contributed by atoms with Gasteiger partial charge in [-0.25, -0.2) is 0 Å². The molecule has 4 aromatic rings. The number of amides is 3. The molecule has 2 saturated heterocycles. The predicted molar refractivity (Wildman–Crippen MR) is 204 cm³/mol. The Morgan fingerprint density at radius 1 is 0.811 bits per heavy atom. The van der Waals surface area contributed by atoms with Gasteiger partial charge in [0.15, 0.2) is 0 Å². The van der Waals surface area contributed by atoms with E-state index in [0.29, 0.717) is 42.7 Å². The van der Waals surface area contributed by atoms with E-state index in [9.17, 15) is 19.5 Å². The maximum absolute atomic E-state index is 13.0. The van der Waals surface area contributed by atoms with Gasteiger partial charge in [0.2, 0.25) is 11.8 Å². The van der Waals surface area contributed by atoms with Gasteiger partial charge >= 0.3 is 0 Å². The molecule has 4 aliphatic rings. The predicted octanol–water partition coefficient (Wildman–Crippen LogP) is 6.61. The summed E-state index contributed by atoms with van der Waals surface area (Å²) >= 11 is 0. The summed E-state index contributed by atoms with van der Waals surface area (Å²) in [5, 5.41) is 16.1. The van der Waals surface area contributed by atoms with Gasteiger partial charge in [-0.2, -0.15) is 0 Å². The minimum atomic E-state index is -0.592. The van der Waals surface area contributed by atoms with Crippen LogP contribution in [0.3, 0.4) is 0 Å². The number of piperidine rings is 2. The average molecular weight is 713 g/mol. The summed E-state index contributed by atoms with van der Waals surface area (Å²) in [5.74, 6) is 1.70. The number of carbonyl (C=O) groups is 3. The van der Waals surface area contributed by atoms with Gasteiger partial charge in [0.1, 0.15) is 24.1 Å². The van der Waals surface area contributed by atoms with E-state index in [1.54, 1.807) is 4.90 Å². The summed E-state index contributed by atoms with van der Waals surface area (Å²) in [4.78, 5) is 41.0. The molecule has 3 heterocycles. The number of hydrogen-bond donors (Lipinski definition) is 3. The number of likely N-dealkylation sites (tertiary alicyclic amines) is 1. The third-order valence-corrected chi connectivity index (χ3v) is 11.8. The Balaban J connectivity index is 0.778. The number of ether oxygens (including phenoxy) is 1. The van der Waals surface area contributed by atoms with E-state index in [1.165, 1.54) is 35.1 Å². The fourth-order valence-electron chi connectivity index (χ4n) is 8.95. The van der Waals surface area contributed by atoms with Crippen molar-refractivity contribution in [3.05, 3.63) is 124 Å². The molecule has 0 radical (unpaired) electrons.